The van der Waals surface area contributed by atoms with Crippen molar-refractivity contribution < 1.29 is 4.84 Å². The van der Waals surface area contributed by atoms with Gasteiger partial charge in [-0.2, -0.15) is 0 Å². The van der Waals surface area contributed by atoms with Crippen molar-refractivity contribution in [2.24, 2.45) is 5.90 Å². The highest BCUT2D eigenvalue weighted by molar-refractivity contribution is 5.44. The molecule has 0 aliphatic heterocycles. The second kappa shape index (κ2) is 3.86. The summed E-state index contributed by atoms with van der Waals surface area (Å²) < 4.78 is 0. The van der Waals surface area contributed by atoms with E-state index in [1.807, 2.05) is 0 Å². The molecule has 2 nitrogen and oxygen atoms in total. The van der Waals surface area contributed by atoms with Gasteiger partial charge in [-0.05, 0) is 55.2 Å². The van der Waals surface area contributed by atoms with Crippen LogP contribution in [0.3, 0.4) is 0 Å². The number of rotatable bonds is 3. The fourth-order valence-corrected chi connectivity index (χ4v) is 3.08. The summed E-state index contributed by atoms with van der Waals surface area (Å²) in [5, 5.41) is 0. The number of benzene rings is 1. The maximum absolute atomic E-state index is 5.27. The Hall–Kier alpha value is -0.860. The smallest absolute Gasteiger partial charge is 0.0776 e. The molecule has 0 unspecified atom stereocenters. The Balaban J connectivity index is 2.01. The Morgan fingerprint density at radius 2 is 2.00 bits per heavy atom. The van der Waals surface area contributed by atoms with Gasteiger partial charge in [-0.15, -0.1) is 0 Å². The van der Waals surface area contributed by atoms with E-state index in [-0.39, 0.29) is 5.41 Å². The summed E-state index contributed by atoms with van der Waals surface area (Å²) in [4.78, 5) is 4.91. The predicted molar refractivity (Wildman–Crippen MR) is 64.1 cm³/mol. The van der Waals surface area contributed by atoms with Crippen molar-refractivity contribution in [3.63, 3.8) is 0 Å². The molecule has 0 spiro atoms. The molecule has 0 bridgehead atoms. The Morgan fingerprint density at radius 3 is 2.75 bits per heavy atom. The van der Waals surface area contributed by atoms with Crippen molar-refractivity contribution in [3.05, 3.63) is 34.9 Å². The minimum atomic E-state index is 0.261. The molecule has 1 saturated carbocycles. The predicted octanol–water partition coefficient (Wildman–Crippen LogP) is 2.49. The Kier molecular flexibility index (Phi) is 2.49. The lowest BCUT2D eigenvalue weighted by Gasteiger charge is -2.24. The second-order valence-electron chi connectivity index (χ2n) is 5.24. The normalized spacial score (nSPS) is 21.6. The highest BCUT2D eigenvalue weighted by atomic mass is 16.6. The fourth-order valence-electron chi connectivity index (χ4n) is 3.08. The molecule has 86 valence electrons. The molecule has 0 saturated heterocycles. The van der Waals surface area contributed by atoms with Crippen LogP contribution in [0, 0.1) is 0 Å². The first-order valence-electron chi connectivity index (χ1n) is 6.29. The monoisotopic (exact) mass is 217 g/mol. The number of nitrogens with two attached hydrogens (primary N) is 1. The molecule has 1 aromatic rings. The highest BCUT2D eigenvalue weighted by Gasteiger charge is 2.46. The van der Waals surface area contributed by atoms with E-state index in [0.29, 0.717) is 6.61 Å². The fraction of sp³-hybridized carbons (Fsp3) is 0.571. The van der Waals surface area contributed by atoms with Crippen molar-refractivity contribution in [1.29, 1.82) is 0 Å². The molecule has 2 aliphatic carbocycles. The highest BCUT2D eigenvalue weighted by Crippen LogP contribution is 2.50. The van der Waals surface area contributed by atoms with Crippen LogP contribution in [0.1, 0.15) is 42.4 Å². The maximum Gasteiger partial charge on any atom is 0.0776 e. The van der Waals surface area contributed by atoms with Gasteiger partial charge in [-0.3, -0.25) is 0 Å². The van der Waals surface area contributed by atoms with Crippen LogP contribution in [0.4, 0.5) is 0 Å². The third-order valence-electron chi connectivity index (χ3n) is 4.18. The molecule has 0 aromatic heterocycles. The first-order valence-corrected chi connectivity index (χ1v) is 6.29. The van der Waals surface area contributed by atoms with Crippen LogP contribution < -0.4 is 5.90 Å². The molecule has 1 fully saturated rings. The van der Waals surface area contributed by atoms with E-state index in [9.17, 15) is 0 Å². The van der Waals surface area contributed by atoms with Gasteiger partial charge in [0.05, 0.1) is 6.61 Å². The first-order chi connectivity index (χ1) is 7.86. The molecular formula is C14H19NO. The van der Waals surface area contributed by atoms with Gasteiger partial charge in [0.25, 0.3) is 0 Å². The number of hydrogen-bond acceptors (Lipinski definition) is 2. The van der Waals surface area contributed by atoms with Crippen molar-refractivity contribution in [1.82, 2.24) is 0 Å². The van der Waals surface area contributed by atoms with E-state index in [4.69, 9.17) is 10.7 Å². The lowest BCUT2D eigenvalue weighted by atomic mass is 9.82. The minimum Gasteiger partial charge on any atom is -0.304 e. The molecule has 3 rings (SSSR count). The van der Waals surface area contributed by atoms with Gasteiger partial charge in [0, 0.05) is 5.41 Å². The lowest BCUT2D eigenvalue weighted by Crippen LogP contribution is -2.21. The first kappa shape index (κ1) is 10.3. The van der Waals surface area contributed by atoms with Crippen LogP contribution in [0.2, 0.25) is 0 Å². The molecular weight excluding hydrogens is 198 g/mol. The summed E-state index contributed by atoms with van der Waals surface area (Å²) in [6.45, 7) is 0.684. The van der Waals surface area contributed by atoms with E-state index in [2.05, 4.69) is 18.2 Å². The average Bonchev–Trinajstić information content (AvgIpc) is 3.10. The summed E-state index contributed by atoms with van der Waals surface area (Å²) in [5.41, 5.74) is 4.95. The third-order valence-corrected chi connectivity index (χ3v) is 4.18. The van der Waals surface area contributed by atoms with E-state index >= 15 is 0 Å². The Bertz CT molecular complexity index is 396. The number of fused-ring (bicyclic) bond motifs is 1. The van der Waals surface area contributed by atoms with Crippen molar-refractivity contribution in [3.8, 4) is 0 Å². The average molecular weight is 217 g/mol. The lowest BCUT2D eigenvalue weighted by molar-refractivity contribution is 0.116. The van der Waals surface area contributed by atoms with Gasteiger partial charge < -0.3 is 4.84 Å². The molecule has 0 radical (unpaired) electrons. The summed E-state index contributed by atoms with van der Waals surface area (Å²) in [7, 11) is 0. The summed E-state index contributed by atoms with van der Waals surface area (Å²) in [6.07, 6.45) is 7.66. The SMILES string of the molecule is NOCC1(c2cccc3c2CCCC3)CC1. The molecule has 0 heterocycles. The largest absolute Gasteiger partial charge is 0.304 e. The summed E-state index contributed by atoms with van der Waals surface area (Å²) in [6, 6.07) is 6.78. The molecule has 2 heteroatoms. The Morgan fingerprint density at radius 1 is 1.19 bits per heavy atom. The van der Waals surface area contributed by atoms with Gasteiger partial charge in [0.15, 0.2) is 0 Å². The topological polar surface area (TPSA) is 35.2 Å². The molecule has 0 atom stereocenters. The third kappa shape index (κ3) is 1.57. The van der Waals surface area contributed by atoms with E-state index in [1.165, 1.54) is 44.1 Å². The zero-order chi connectivity index (χ0) is 11.0. The molecule has 2 N–H and O–H groups in total. The summed E-state index contributed by atoms with van der Waals surface area (Å²) >= 11 is 0. The van der Waals surface area contributed by atoms with Gasteiger partial charge in [-0.25, -0.2) is 5.90 Å². The quantitative estimate of drug-likeness (QED) is 0.789. The van der Waals surface area contributed by atoms with Crippen molar-refractivity contribution in [2.75, 3.05) is 6.61 Å². The van der Waals surface area contributed by atoms with Gasteiger partial charge in [-0.1, -0.05) is 18.2 Å². The molecule has 0 amide bonds. The van der Waals surface area contributed by atoms with Crippen LogP contribution in [-0.4, -0.2) is 6.61 Å². The van der Waals surface area contributed by atoms with Gasteiger partial charge in [0.2, 0.25) is 0 Å². The van der Waals surface area contributed by atoms with Gasteiger partial charge in [0.1, 0.15) is 0 Å². The van der Waals surface area contributed by atoms with E-state index < -0.39 is 0 Å². The zero-order valence-electron chi connectivity index (χ0n) is 9.67. The van der Waals surface area contributed by atoms with Crippen molar-refractivity contribution in [2.45, 2.75) is 43.9 Å². The number of aryl methyl sites for hydroxylation is 1. The van der Waals surface area contributed by atoms with Crippen LogP contribution in [0.5, 0.6) is 0 Å². The maximum atomic E-state index is 5.27. The van der Waals surface area contributed by atoms with Crippen LogP contribution in [0.15, 0.2) is 18.2 Å². The Labute approximate surface area is 96.7 Å². The van der Waals surface area contributed by atoms with E-state index in [0.717, 1.165) is 0 Å². The van der Waals surface area contributed by atoms with Crippen LogP contribution in [-0.2, 0) is 23.1 Å². The molecule has 16 heavy (non-hydrogen) atoms. The summed E-state index contributed by atoms with van der Waals surface area (Å²) in [5.74, 6) is 5.27. The van der Waals surface area contributed by atoms with Crippen LogP contribution in [0.25, 0.3) is 0 Å². The van der Waals surface area contributed by atoms with Gasteiger partial charge >= 0.3 is 0 Å². The standard InChI is InChI=1S/C14H19NO/c15-16-10-14(8-9-14)13-7-3-5-11-4-1-2-6-12(11)13/h3,5,7H,1-2,4,6,8-10,15H2. The second-order valence-corrected chi connectivity index (χ2v) is 5.24. The molecule has 1 aromatic carbocycles. The van der Waals surface area contributed by atoms with Crippen LogP contribution >= 0.6 is 0 Å². The molecule has 2 aliphatic rings. The minimum absolute atomic E-state index is 0.261. The van der Waals surface area contributed by atoms with E-state index in [1.54, 1.807) is 11.1 Å². The number of hydrogen-bond donors (Lipinski definition) is 1. The van der Waals surface area contributed by atoms with Crippen molar-refractivity contribution >= 4 is 0 Å². The zero-order valence-corrected chi connectivity index (χ0v) is 9.67.